The topological polar surface area (TPSA) is 43.4 Å². The second kappa shape index (κ2) is 6.88. The Bertz CT molecular complexity index is 434. The number of carbonyl (C=O) groups is 2. The second-order valence-corrected chi connectivity index (χ2v) is 4.68. The van der Waals surface area contributed by atoms with Crippen LogP contribution in [0, 0.1) is 0 Å². The minimum absolute atomic E-state index is 0.268. The first-order chi connectivity index (χ1) is 9.24. The summed E-state index contributed by atoms with van der Waals surface area (Å²) in [6.07, 6.45) is 16.0. The van der Waals surface area contributed by atoms with Gasteiger partial charge in [-0.2, -0.15) is 0 Å². The van der Waals surface area contributed by atoms with Gasteiger partial charge in [-0.05, 0) is 25.7 Å². The highest BCUT2D eigenvalue weighted by Crippen LogP contribution is 2.16. The maximum Gasteiger partial charge on any atom is 0.313 e. The lowest BCUT2D eigenvalue weighted by Crippen LogP contribution is -2.12. The molecule has 0 unspecified atom stereocenters. The first kappa shape index (κ1) is 13.5. The van der Waals surface area contributed by atoms with Gasteiger partial charge in [0, 0.05) is 0 Å². The second-order valence-electron chi connectivity index (χ2n) is 4.68. The van der Waals surface area contributed by atoms with Gasteiger partial charge in [0.2, 0.25) is 0 Å². The van der Waals surface area contributed by atoms with Crippen LogP contribution in [0.25, 0.3) is 0 Å². The molecule has 3 nitrogen and oxygen atoms in total. The van der Waals surface area contributed by atoms with Crippen molar-refractivity contribution < 1.29 is 14.3 Å². The van der Waals surface area contributed by atoms with Crippen molar-refractivity contribution in [1.29, 1.82) is 0 Å². The highest BCUT2D eigenvalue weighted by atomic mass is 16.6. The molecule has 0 atom stereocenters. The predicted molar refractivity (Wildman–Crippen MR) is 73.2 cm³/mol. The zero-order valence-electron chi connectivity index (χ0n) is 10.9. The Kier molecular flexibility index (Phi) is 4.90. The van der Waals surface area contributed by atoms with Crippen LogP contribution in [0.4, 0.5) is 0 Å². The summed E-state index contributed by atoms with van der Waals surface area (Å²) in [5, 5.41) is 0. The highest BCUT2D eigenvalue weighted by Gasteiger charge is 2.12. The van der Waals surface area contributed by atoms with Crippen LogP contribution >= 0.6 is 0 Å². The summed E-state index contributed by atoms with van der Waals surface area (Å²) in [6, 6.07) is 0. The molecule has 2 rings (SSSR count). The van der Waals surface area contributed by atoms with Gasteiger partial charge in [0.25, 0.3) is 0 Å². The van der Waals surface area contributed by atoms with E-state index in [1.54, 1.807) is 0 Å². The van der Waals surface area contributed by atoms with Gasteiger partial charge in [0.15, 0.2) is 0 Å². The first-order valence-corrected chi connectivity index (χ1v) is 6.69. The van der Waals surface area contributed by atoms with Gasteiger partial charge in [-0.15, -0.1) is 0 Å². The van der Waals surface area contributed by atoms with Gasteiger partial charge in [-0.25, -0.2) is 0 Å². The van der Waals surface area contributed by atoms with Crippen LogP contribution in [0.5, 0.6) is 0 Å². The number of esters is 2. The zero-order chi connectivity index (χ0) is 13.5. The van der Waals surface area contributed by atoms with Gasteiger partial charge >= 0.3 is 11.9 Å². The summed E-state index contributed by atoms with van der Waals surface area (Å²) in [4.78, 5) is 23.0. The molecule has 0 amide bonds. The molecule has 0 N–H and O–H groups in total. The normalized spacial score (nSPS) is 16.4. The zero-order valence-corrected chi connectivity index (χ0v) is 10.9. The fourth-order valence-corrected chi connectivity index (χ4v) is 2.11. The fraction of sp³-hybridized carbons (Fsp3) is 0.375. The van der Waals surface area contributed by atoms with Crippen LogP contribution in [-0.2, 0) is 14.3 Å². The van der Waals surface area contributed by atoms with Crippen molar-refractivity contribution in [1.82, 2.24) is 0 Å². The third-order valence-electron chi connectivity index (χ3n) is 3.16. The van der Waals surface area contributed by atoms with E-state index in [1.165, 1.54) is 0 Å². The van der Waals surface area contributed by atoms with Crippen molar-refractivity contribution in [2.75, 3.05) is 0 Å². The molecule has 0 spiro atoms. The van der Waals surface area contributed by atoms with Crippen LogP contribution in [-0.4, -0.2) is 11.9 Å². The Balaban J connectivity index is 1.62. The van der Waals surface area contributed by atoms with Crippen LogP contribution in [0.1, 0.15) is 38.5 Å². The van der Waals surface area contributed by atoms with Gasteiger partial charge in [-0.3, -0.25) is 9.59 Å². The predicted octanol–water partition coefficient (Wildman–Crippen LogP) is 3.39. The third-order valence-corrected chi connectivity index (χ3v) is 3.16. The summed E-state index contributed by atoms with van der Waals surface area (Å²) in [6.45, 7) is 0. The molecule has 0 bridgehead atoms. The van der Waals surface area contributed by atoms with Crippen LogP contribution in [0.15, 0.2) is 47.6 Å². The number of carbonyl (C=O) groups excluding carboxylic acids is 2. The number of ether oxygens (including phenoxy) is 1. The summed E-state index contributed by atoms with van der Waals surface area (Å²) in [5.74, 6) is -0.857. The Morgan fingerprint density at radius 1 is 0.895 bits per heavy atom. The van der Waals surface area contributed by atoms with Crippen molar-refractivity contribution in [2.24, 2.45) is 0 Å². The van der Waals surface area contributed by atoms with Crippen LogP contribution in [0.3, 0.4) is 0 Å². The van der Waals surface area contributed by atoms with E-state index in [0.717, 1.165) is 24.0 Å². The molecule has 19 heavy (non-hydrogen) atoms. The molecule has 2 aliphatic rings. The summed E-state index contributed by atoms with van der Waals surface area (Å²) in [5.41, 5.74) is 2.29. The largest absolute Gasteiger partial charge is 0.393 e. The highest BCUT2D eigenvalue weighted by molar-refractivity contribution is 5.85. The molecule has 0 fully saturated rings. The molecule has 0 aromatic heterocycles. The molecule has 0 heterocycles. The Labute approximate surface area is 113 Å². The maximum atomic E-state index is 11.5. The van der Waals surface area contributed by atoms with E-state index in [1.807, 2.05) is 12.2 Å². The monoisotopic (exact) mass is 258 g/mol. The van der Waals surface area contributed by atoms with Crippen LogP contribution in [0.2, 0.25) is 0 Å². The molecule has 0 saturated carbocycles. The molecule has 0 aromatic carbocycles. The summed E-state index contributed by atoms with van der Waals surface area (Å²) < 4.78 is 4.79. The molecular weight excluding hydrogens is 240 g/mol. The summed E-state index contributed by atoms with van der Waals surface area (Å²) >= 11 is 0. The van der Waals surface area contributed by atoms with Gasteiger partial charge < -0.3 is 4.74 Å². The average molecular weight is 258 g/mol. The quantitative estimate of drug-likeness (QED) is 0.542. The Hall–Kier alpha value is -1.90. The van der Waals surface area contributed by atoms with Crippen LogP contribution < -0.4 is 0 Å². The van der Waals surface area contributed by atoms with E-state index in [0.29, 0.717) is 12.8 Å². The molecule has 0 saturated heterocycles. The van der Waals surface area contributed by atoms with Gasteiger partial charge in [0.1, 0.15) is 0 Å². The lowest BCUT2D eigenvalue weighted by Gasteiger charge is -2.03. The number of allylic oxidation sites excluding steroid dienone is 8. The molecule has 0 aliphatic heterocycles. The van der Waals surface area contributed by atoms with E-state index < -0.39 is 11.9 Å². The van der Waals surface area contributed by atoms with E-state index in [2.05, 4.69) is 24.3 Å². The number of hydrogen-bond donors (Lipinski definition) is 0. The smallest absolute Gasteiger partial charge is 0.313 e. The molecule has 0 radical (unpaired) electrons. The van der Waals surface area contributed by atoms with Crippen molar-refractivity contribution in [3.63, 3.8) is 0 Å². The number of hydrogen-bond acceptors (Lipinski definition) is 3. The van der Waals surface area contributed by atoms with Gasteiger partial charge in [0.05, 0.1) is 12.8 Å². The molecule has 0 aromatic rings. The van der Waals surface area contributed by atoms with Crippen molar-refractivity contribution in [3.8, 4) is 0 Å². The summed E-state index contributed by atoms with van der Waals surface area (Å²) in [7, 11) is 0. The fourth-order valence-electron chi connectivity index (χ4n) is 2.11. The van der Waals surface area contributed by atoms with Crippen molar-refractivity contribution in [3.05, 3.63) is 47.6 Å². The molecular formula is C16H18O3. The average Bonchev–Trinajstić information content (AvgIpc) is 3.07. The first-order valence-electron chi connectivity index (χ1n) is 6.69. The molecule has 3 heteroatoms. The molecule has 2 aliphatic carbocycles. The van der Waals surface area contributed by atoms with E-state index in [9.17, 15) is 9.59 Å². The SMILES string of the molecule is O=C(CCC1=CCC=C1)OC(=O)CCC1=CCC=C1. The number of rotatable bonds is 6. The lowest BCUT2D eigenvalue weighted by atomic mass is 10.1. The van der Waals surface area contributed by atoms with E-state index in [4.69, 9.17) is 4.74 Å². The Morgan fingerprint density at radius 2 is 1.37 bits per heavy atom. The van der Waals surface area contributed by atoms with Crippen molar-refractivity contribution in [2.45, 2.75) is 38.5 Å². The minimum atomic E-state index is -0.429. The third kappa shape index (κ3) is 4.70. The molecule has 100 valence electrons. The minimum Gasteiger partial charge on any atom is -0.393 e. The van der Waals surface area contributed by atoms with E-state index >= 15 is 0 Å². The maximum absolute atomic E-state index is 11.5. The Morgan fingerprint density at radius 3 is 1.74 bits per heavy atom. The van der Waals surface area contributed by atoms with Crippen molar-refractivity contribution >= 4 is 11.9 Å². The standard InChI is InChI=1S/C16H18O3/c17-15(11-9-13-5-1-2-6-13)19-16(18)12-10-14-7-3-4-8-14/h1,3,5-8H,2,4,9-12H2. The lowest BCUT2D eigenvalue weighted by molar-refractivity contribution is -0.159. The van der Waals surface area contributed by atoms with Gasteiger partial charge in [-0.1, -0.05) is 47.6 Å². The van der Waals surface area contributed by atoms with E-state index in [-0.39, 0.29) is 12.8 Å².